The third kappa shape index (κ3) is 3.18. The molecule has 20 heavy (non-hydrogen) atoms. The van der Waals surface area contributed by atoms with Gasteiger partial charge in [-0.25, -0.2) is 4.98 Å². The quantitative estimate of drug-likeness (QED) is 0.450. The van der Waals surface area contributed by atoms with Crippen LogP contribution < -0.4 is 16.0 Å². The van der Waals surface area contributed by atoms with Crippen molar-refractivity contribution in [2.24, 2.45) is 5.73 Å². The minimum absolute atomic E-state index is 0.0508. The Morgan fingerprint density at radius 1 is 1.45 bits per heavy atom. The Kier molecular flexibility index (Phi) is 4.09. The van der Waals surface area contributed by atoms with Crippen molar-refractivity contribution in [1.29, 1.82) is 5.41 Å². The van der Waals surface area contributed by atoms with Gasteiger partial charge in [0.05, 0.1) is 7.11 Å². The van der Waals surface area contributed by atoms with Crippen LogP contribution in [-0.4, -0.2) is 22.9 Å². The maximum atomic E-state index is 11.4. The van der Waals surface area contributed by atoms with Crippen molar-refractivity contribution >= 4 is 17.6 Å². The van der Waals surface area contributed by atoms with E-state index in [0.717, 1.165) is 0 Å². The molecule has 0 amide bonds. The van der Waals surface area contributed by atoms with E-state index in [9.17, 15) is 4.79 Å². The number of hydrogen-bond acceptors (Lipinski definition) is 5. The van der Waals surface area contributed by atoms with Crippen molar-refractivity contribution in [3.8, 4) is 5.75 Å². The smallest absolute Gasteiger partial charge is 0.251 e. The highest BCUT2D eigenvalue weighted by atomic mass is 32.2. The number of nitrogens with zero attached hydrogens (tertiary/aromatic N) is 1. The first kappa shape index (κ1) is 14.1. The molecule has 0 saturated carbocycles. The lowest BCUT2D eigenvalue weighted by Gasteiger charge is -2.09. The molecule has 0 unspecified atom stereocenters. The molecular formula is C13H14N4O2S. The average molecular weight is 290 g/mol. The zero-order valence-corrected chi connectivity index (χ0v) is 11.9. The zero-order valence-electron chi connectivity index (χ0n) is 11.1. The van der Waals surface area contributed by atoms with Crippen LogP contribution in [0.2, 0.25) is 0 Å². The van der Waals surface area contributed by atoms with Gasteiger partial charge in [-0.2, -0.15) is 0 Å². The van der Waals surface area contributed by atoms with E-state index in [1.807, 2.05) is 0 Å². The molecule has 2 rings (SSSR count). The third-order valence-corrected chi connectivity index (χ3v) is 3.48. The SMILES string of the molecule is COc1ccc(C(=N)N)c(Sc2nc(C)cc(=O)[nH]2)c1. The second-order valence-corrected chi connectivity index (χ2v) is 5.10. The number of aryl methyl sites for hydroxylation is 1. The van der Waals surface area contributed by atoms with Gasteiger partial charge >= 0.3 is 0 Å². The van der Waals surface area contributed by atoms with Crippen molar-refractivity contribution in [3.05, 3.63) is 45.9 Å². The second-order valence-electron chi connectivity index (χ2n) is 4.07. The third-order valence-electron chi connectivity index (χ3n) is 2.53. The standard InChI is InChI=1S/C13H14N4O2S/c1-7-5-11(18)17-13(16-7)20-10-6-8(19-2)3-4-9(10)12(14)15/h3-6H,1-2H3,(H3,14,15)(H,16,17,18). The molecule has 0 radical (unpaired) electrons. The van der Waals surface area contributed by atoms with Gasteiger partial charge in [0, 0.05) is 22.2 Å². The summed E-state index contributed by atoms with van der Waals surface area (Å²) in [7, 11) is 1.56. The summed E-state index contributed by atoms with van der Waals surface area (Å²) in [4.78, 5) is 19.0. The number of nitrogens with two attached hydrogens (primary N) is 1. The maximum absolute atomic E-state index is 11.4. The van der Waals surface area contributed by atoms with E-state index < -0.39 is 0 Å². The van der Waals surface area contributed by atoms with E-state index in [2.05, 4.69) is 9.97 Å². The van der Waals surface area contributed by atoms with Gasteiger partial charge in [-0.05, 0) is 25.1 Å². The second kappa shape index (κ2) is 5.79. The molecule has 1 heterocycles. The summed E-state index contributed by atoms with van der Waals surface area (Å²) in [5, 5.41) is 8.04. The van der Waals surface area contributed by atoms with Crippen molar-refractivity contribution in [2.75, 3.05) is 7.11 Å². The number of nitrogens with one attached hydrogen (secondary N) is 2. The molecule has 4 N–H and O–H groups in total. The van der Waals surface area contributed by atoms with Crippen LogP contribution in [-0.2, 0) is 0 Å². The lowest BCUT2D eigenvalue weighted by Crippen LogP contribution is -2.13. The van der Waals surface area contributed by atoms with E-state index in [-0.39, 0.29) is 11.4 Å². The average Bonchev–Trinajstić information content (AvgIpc) is 2.37. The normalized spacial score (nSPS) is 10.3. The Labute approximate surface area is 119 Å². The number of benzene rings is 1. The number of aromatic nitrogens is 2. The number of H-pyrrole nitrogens is 1. The molecular weight excluding hydrogens is 276 g/mol. The first-order chi connectivity index (χ1) is 9.49. The highest BCUT2D eigenvalue weighted by Gasteiger charge is 2.10. The largest absolute Gasteiger partial charge is 0.497 e. The van der Waals surface area contributed by atoms with Gasteiger partial charge in [0.2, 0.25) is 0 Å². The first-order valence-corrected chi connectivity index (χ1v) is 6.59. The summed E-state index contributed by atoms with van der Waals surface area (Å²) < 4.78 is 5.16. The Balaban J connectivity index is 2.45. The van der Waals surface area contributed by atoms with Gasteiger partial charge in [0.1, 0.15) is 11.6 Å². The van der Waals surface area contributed by atoms with Crippen LogP contribution >= 0.6 is 11.8 Å². The molecule has 7 heteroatoms. The number of methoxy groups -OCH3 is 1. The van der Waals surface area contributed by atoms with Crippen LogP contribution in [0.3, 0.4) is 0 Å². The Morgan fingerprint density at radius 2 is 2.20 bits per heavy atom. The zero-order chi connectivity index (χ0) is 14.7. The van der Waals surface area contributed by atoms with Gasteiger partial charge in [-0.15, -0.1) is 0 Å². The number of aromatic amines is 1. The van der Waals surface area contributed by atoms with E-state index in [0.29, 0.717) is 27.1 Å². The molecule has 0 aliphatic heterocycles. The molecule has 0 aliphatic rings. The number of hydrogen-bond donors (Lipinski definition) is 3. The fourth-order valence-corrected chi connectivity index (χ4v) is 2.65. The molecule has 0 atom stereocenters. The summed E-state index contributed by atoms with van der Waals surface area (Å²) in [5.74, 6) is 0.595. The molecule has 1 aromatic heterocycles. The van der Waals surface area contributed by atoms with Gasteiger partial charge < -0.3 is 15.5 Å². The molecule has 0 aliphatic carbocycles. The number of rotatable bonds is 4. The van der Waals surface area contributed by atoms with E-state index >= 15 is 0 Å². The van der Waals surface area contributed by atoms with Crippen LogP contribution in [0.15, 0.2) is 39.1 Å². The lowest BCUT2D eigenvalue weighted by atomic mass is 10.2. The minimum atomic E-state index is -0.215. The number of ether oxygens (including phenoxy) is 1. The molecule has 0 spiro atoms. The van der Waals surface area contributed by atoms with Crippen molar-refractivity contribution in [1.82, 2.24) is 9.97 Å². The van der Waals surface area contributed by atoms with Crippen molar-refractivity contribution in [2.45, 2.75) is 17.0 Å². The van der Waals surface area contributed by atoms with E-state index in [4.69, 9.17) is 15.9 Å². The highest BCUT2D eigenvalue weighted by molar-refractivity contribution is 7.99. The summed E-state index contributed by atoms with van der Waals surface area (Å²) in [6.07, 6.45) is 0. The van der Waals surface area contributed by atoms with Gasteiger partial charge in [0.25, 0.3) is 5.56 Å². The van der Waals surface area contributed by atoms with Crippen LogP contribution in [0.5, 0.6) is 5.75 Å². The Bertz CT molecular complexity index is 712. The summed E-state index contributed by atoms with van der Waals surface area (Å²) >= 11 is 1.23. The number of amidine groups is 1. The van der Waals surface area contributed by atoms with Gasteiger partial charge in [-0.3, -0.25) is 10.2 Å². The van der Waals surface area contributed by atoms with Crippen molar-refractivity contribution < 1.29 is 4.74 Å². The van der Waals surface area contributed by atoms with Crippen LogP contribution in [0.1, 0.15) is 11.3 Å². The highest BCUT2D eigenvalue weighted by Crippen LogP contribution is 2.30. The summed E-state index contributed by atoms with van der Waals surface area (Å²) in [5.41, 5.74) is 6.54. The van der Waals surface area contributed by atoms with E-state index in [1.165, 1.54) is 17.8 Å². The minimum Gasteiger partial charge on any atom is -0.497 e. The molecule has 2 aromatic rings. The predicted molar refractivity (Wildman–Crippen MR) is 77.7 cm³/mol. The van der Waals surface area contributed by atoms with Gasteiger partial charge in [-0.1, -0.05) is 11.8 Å². The lowest BCUT2D eigenvalue weighted by molar-refractivity contribution is 0.413. The monoisotopic (exact) mass is 290 g/mol. The van der Waals surface area contributed by atoms with Crippen LogP contribution in [0.25, 0.3) is 0 Å². The molecule has 0 saturated heterocycles. The van der Waals surface area contributed by atoms with Gasteiger partial charge in [0.15, 0.2) is 5.16 Å². The fourth-order valence-electron chi connectivity index (χ4n) is 1.64. The number of nitrogen functional groups attached to an aromatic ring is 1. The molecule has 0 fully saturated rings. The first-order valence-electron chi connectivity index (χ1n) is 5.78. The predicted octanol–water partition coefficient (Wildman–Crippen LogP) is 1.52. The van der Waals surface area contributed by atoms with E-state index in [1.54, 1.807) is 32.2 Å². The topological polar surface area (TPSA) is 105 Å². The van der Waals surface area contributed by atoms with Crippen LogP contribution in [0.4, 0.5) is 0 Å². The Hall–Kier alpha value is -2.28. The molecule has 1 aromatic carbocycles. The summed E-state index contributed by atoms with van der Waals surface area (Å²) in [6, 6.07) is 6.61. The van der Waals surface area contributed by atoms with Crippen molar-refractivity contribution in [3.63, 3.8) is 0 Å². The fraction of sp³-hybridized carbons (Fsp3) is 0.154. The van der Waals surface area contributed by atoms with Crippen LogP contribution in [0, 0.1) is 12.3 Å². The molecule has 0 bridgehead atoms. The molecule has 104 valence electrons. The summed E-state index contributed by atoms with van der Waals surface area (Å²) in [6.45, 7) is 1.75. The maximum Gasteiger partial charge on any atom is 0.251 e. The molecule has 6 nitrogen and oxygen atoms in total. The Morgan fingerprint density at radius 3 is 2.80 bits per heavy atom.